The van der Waals surface area contributed by atoms with Gasteiger partial charge in [-0.3, -0.25) is 4.79 Å². The predicted molar refractivity (Wildman–Crippen MR) is 84.3 cm³/mol. The number of ether oxygens (including phenoxy) is 1. The predicted octanol–water partition coefficient (Wildman–Crippen LogP) is 2.27. The average Bonchev–Trinajstić information content (AvgIpc) is 2.93. The molecule has 1 atom stereocenters. The van der Waals surface area contributed by atoms with Crippen LogP contribution in [0.3, 0.4) is 0 Å². The molecule has 0 aliphatic carbocycles. The van der Waals surface area contributed by atoms with Crippen LogP contribution < -0.4 is 0 Å². The third kappa shape index (κ3) is 4.70. The van der Waals surface area contributed by atoms with E-state index in [9.17, 15) is 4.79 Å². The van der Waals surface area contributed by atoms with Gasteiger partial charge in [-0.2, -0.15) is 0 Å². The molecule has 1 amide bonds. The van der Waals surface area contributed by atoms with E-state index in [1.165, 1.54) is 0 Å². The summed E-state index contributed by atoms with van der Waals surface area (Å²) in [6.07, 6.45) is 0.933. The fourth-order valence-electron chi connectivity index (χ4n) is 2.76. The summed E-state index contributed by atoms with van der Waals surface area (Å²) in [6, 6.07) is 7.66. The van der Waals surface area contributed by atoms with Gasteiger partial charge >= 0.3 is 0 Å². The van der Waals surface area contributed by atoms with E-state index in [0.717, 1.165) is 38.2 Å². The summed E-state index contributed by atoms with van der Waals surface area (Å²) >= 11 is 5.98. The van der Waals surface area contributed by atoms with E-state index >= 15 is 0 Å². The Bertz CT molecular complexity index is 481. The molecule has 21 heavy (non-hydrogen) atoms. The van der Waals surface area contributed by atoms with Gasteiger partial charge in [-0.15, -0.1) is 0 Å². The molecule has 1 heterocycles. The first kappa shape index (κ1) is 16.3. The Morgan fingerprint density at radius 3 is 3.05 bits per heavy atom. The molecule has 0 radical (unpaired) electrons. The van der Waals surface area contributed by atoms with Crippen LogP contribution in [-0.4, -0.2) is 56.1 Å². The molecule has 1 aliphatic rings. The minimum atomic E-state index is 0.103. The topological polar surface area (TPSA) is 32.8 Å². The lowest BCUT2D eigenvalue weighted by atomic mass is 10.1. The first-order chi connectivity index (χ1) is 10.1. The highest BCUT2D eigenvalue weighted by molar-refractivity contribution is 6.30. The molecule has 1 saturated heterocycles. The molecule has 0 unspecified atom stereocenters. The van der Waals surface area contributed by atoms with E-state index in [1.54, 1.807) is 12.0 Å². The molecule has 1 aromatic carbocycles. The first-order valence-electron chi connectivity index (χ1n) is 7.31. The lowest BCUT2D eigenvalue weighted by Gasteiger charge is -2.22. The number of amides is 1. The molecule has 4 nitrogen and oxygen atoms in total. The molecule has 0 N–H and O–H groups in total. The molecule has 0 saturated carbocycles. The number of hydrogen-bond donors (Lipinski definition) is 0. The van der Waals surface area contributed by atoms with Crippen LogP contribution in [0.15, 0.2) is 24.3 Å². The van der Waals surface area contributed by atoms with Crippen molar-refractivity contribution in [2.24, 2.45) is 5.92 Å². The van der Waals surface area contributed by atoms with Gasteiger partial charge in [0, 0.05) is 38.8 Å². The molecule has 0 spiro atoms. The molecule has 1 aliphatic heterocycles. The summed E-state index contributed by atoms with van der Waals surface area (Å²) < 4.78 is 5.09. The van der Waals surface area contributed by atoms with Gasteiger partial charge in [0.15, 0.2) is 0 Å². The van der Waals surface area contributed by atoms with Crippen molar-refractivity contribution in [3.8, 4) is 0 Å². The Morgan fingerprint density at radius 1 is 1.52 bits per heavy atom. The molecule has 1 fully saturated rings. The van der Waals surface area contributed by atoms with Crippen LogP contribution in [0.25, 0.3) is 0 Å². The first-order valence-corrected chi connectivity index (χ1v) is 7.68. The number of nitrogens with zero attached hydrogens (tertiary/aromatic N) is 2. The number of hydrogen-bond acceptors (Lipinski definition) is 3. The van der Waals surface area contributed by atoms with Crippen molar-refractivity contribution < 1.29 is 9.53 Å². The Morgan fingerprint density at radius 2 is 2.33 bits per heavy atom. The number of halogens is 1. The Hall–Kier alpha value is -1.10. The van der Waals surface area contributed by atoms with Crippen molar-refractivity contribution in [1.82, 2.24) is 9.80 Å². The molecule has 2 rings (SSSR count). The lowest BCUT2D eigenvalue weighted by Crippen LogP contribution is -2.34. The largest absolute Gasteiger partial charge is 0.383 e. The number of methoxy groups -OCH3 is 1. The van der Waals surface area contributed by atoms with Crippen molar-refractivity contribution in [2.45, 2.75) is 13.0 Å². The monoisotopic (exact) mass is 310 g/mol. The normalized spacial score (nSPS) is 18.9. The summed E-state index contributed by atoms with van der Waals surface area (Å²) in [5.74, 6) is 0.320. The molecule has 0 aromatic heterocycles. The van der Waals surface area contributed by atoms with E-state index in [2.05, 4.69) is 4.90 Å². The van der Waals surface area contributed by atoms with Gasteiger partial charge in [0.25, 0.3) is 0 Å². The van der Waals surface area contributed by atoms with E-state index < -0.39 is 0 Å². The summed E-state index contributed by atoms with van der Waals surface area (Å²) in [7, 11) is 3.57. The number of carbonyl (C=O) groups is 1. The molecular weight excluding hydrogens is 288 g/mol. The Kier molecular flexibility index (Phi) is 6.03. The fourth-order valence-corrected chi connectivity index (χ4v) is 2.97. The zero-order valence-corrected chi connectivity index (χ0v) is 13.5. The second kappa shape index (κ2) is 7.78. The van der Waals surface area contributed by atoms with Crippen LogP contribution in [-0.2, 0) is 16.1 Å². The molecule has 5 heteroatoms. The second-order valence-corrected chi connectivity index (χ2v) is 6.04. The zero-order valence-electron chi connectivity index (χ0n) is 12.7. The Balaban J connectivity index is 1.85. The maximum atomic E-state index is 12.5. The standard InChI is InChI=1S/C16H23ClN2O2/c1-18(11-13-4-3-5-15(17)10-13)16(20)14-6-7-19(12-14)8-9-21-2/h3-5,10,14H,6-9,11-12H2,1-2H3/t14-/m1/s1. The number of benzene rings is 1. The van der Waals surface area contributed by atoms with Crippen molar-refractivity contribution in [2.75, 3.05) is 40.4 Å². The van der Waals surface area contributed by atoms with Crippen molar-refractivity contribution in [1.29, 1.82) is 0 Å². The van der Waals surface area contributed by atoms with Crippen LogP contribution in [0, 0.1) is 5.92 Å². The van der Waals surface area contributed by atoms with Gasteiger partial charge in [0.2, 0.25) is 5.91 Å². The van der Waals surface area contributed by atoms with Gasteiger partial charge in [0.1, 0.15) is 0 Å². The maximum Gasteiger partial charge on any atom is 0.227 e. The maximum absolute atomic E-state index is 12.5. The van der Waals surface area contributed by atoms with Crippen LogP contribution in [0.1, 0.15) is 12.0 Å². The fraction of sp³-hybridized carbons (Fsp3) is 0.562. The van der Waals surface area contributed by atoms with E-state index in [4.69, 9.17) is 16.3 Å². The minimum absolute atomic E-state index is 0.103. The van der Waals surface area contributed by atoms with E-state index in [1.807, 2.05) is 31.3 Å². The Labute approximate surface area is 131 Å². The van der Waals surface area contributed by atoms with Gasteiger partial charge in [-0.1, -0.05) is 23.7 Å². The van der Waals surface area contributed by atoms with Gasteiger partial charge in [-0.25, -0.2) is 0 Å². The van der Waals surface area contributed by atoms with Crippen LogP contribution in [0.4, 0.5) is 0 Å². The lowest BCUT2D eigenvalue weighted by molar-refractivity contribution is -0.134. The summed E-state index contributed by atoms with van der Waals surface area (Å²) in [5.41, 5.74) is 1.06. The van der Waals surface area contributed by atoms with Crippen LogP contribution >= 0.6 is 11.6 Å². The summed E-state index contributed by atoms with van der Waals surface area (Å²) in [6.45, 7) is 4.04. The summed E-state index contributed by atoms with van der Waals surface area (Å²) in [4.78, 5) is 16.6. The van der Waals surface area contributed by atoms with Crippen molar-refractivity contribution in [3.63, 3.8) is 0 Å². The molecule has 0 bridgehead atoms. The number of likely N-dealkylation sites (tertiary alicyclic amines) is 1. The van der Waals surface area contributed by atoms with E-state index in [-0.39, 0.29) is 11.8 Å². The quantitative estimate of drug-likeness (QED) is 0.808. The number of rotatable bonds is 6. The molecule has 116 valence electrons. The minimum Gasteiger partial charge on any atom is -0.383 e. The highest BCUT2D eigenvalue weighted by atomic mass is 35.5. The van der Waals surface area contributed by atoms with Crippen molar-refractivity contribution in [3.05, 3.63) is 34.9 Å². The highest BCUT2D eigenvalue weighted by Crippen LogP contribution is 2.19. The SMILES string of the molecule is COCCN1CC[C@@H](C(=O)N(C)Cc2cccc(Cl)c2)C1. The average molecular weight is 311 g/mol. The van der Waals surface area contributed by atoms with Crippen LogP contribution in [0.5, 0.6) is 0 Å². The van der Waals surface area contributed by atoms with E-state index in [0.29, 0.717) is 11.6 Å². The van der Waals surface area contributed by atoms with Crippen LogP contribution in [0.2, 0.25) is 5.02 Å². The van der Waals surface area contributed by atoms with Gasteiger partial charge in [0.05, 0.1) is 12.5 Å². The number of carbonyl (C=O) groups excluding carboxylic acids is 1. The van der Waals surface area contributed by atoms with Gasteiger partial charge < -0.3 is 14.5 Å². The van der Waals surface area contributed by atoms with Gasteiger partial charge in [-0.05, 0) is 30.7 Å². The third-order valence-electron chi connectivity index (χ3n) is 3.92. The smallest absolute Gasteiger partial charge is 0.227 e. The zero-order chi connectivity index (χ0) is 15.2. The molecular formula is C16H23ClN2O2. The highest BCUT2D eigenvalue weighted by Gasteiger charge is 2.29. The summed E-state index contributed by atoms with van der Waals surface area (Å²) in [5, 5.41) is 0.708. The molecule has 1 aromatic rings. The third-order valence-corrected chi connectivity index (χ3v) is 4.15. The second-order valence-electron chi connectivity index (χ2n) is 5.60. The van der Waals surface area contributed by atoms with Crippen molar-refractivity contribution >= 4 is 17.5 Å².